The van der Waals surface area contributed by atoms with Crippen molar-refractivity contribution in [1.29, 1.82) is 0 Å². The van der Waals surface area contributed by atoms with Crippen LogP contribution in [0.2, 0.25) is 0 Å². The number of hydrogen-bond donors (Lipinski definition) is 3. The Morgan fingerprint density at radius 1 is 0.889 bits per heavy atom. The third kappa shape index (κ3) is 2.29. The fourth-order valence-electron chi connectivity index (χ4n) is 1.66. The smallest absolute Gasteiger partial charge is 0.295 e. The van der Waals surface area contributed by atoms with Crippen molar-refractivity contribution in [1.82, 2.24) is 0 Å². The standard InChI is InChI=1S/C12H10O5S/c13-8-5-6-9(11(14)7-8)10-3-1-2-4-12(10)18(15,16)17/h1-7,13-14H,(H,15,16,17). The highest BCUT2D eigenvalue weighted by Gasteiger charge is 2.17. The molecule has 94 valence electrons. The highest BCUT2D eigenvalue weighted by Crippen LogP contribution is 2.35. The van der Waals surface area contributed by atoms with E-state index in [1.54, 1.807) is 6.07 Å². The summed E-state index contributed by atoms with van der Waals surface area (Å²) in [5, 5.41) is 18.9. The molecule has 3 N–H and O–H groups in total. The molecule has 0 aliphatic heterocycles. The third-order valence-electron chi connectivity index (χ3n) is 2.44. The van der Waals surface area contributed by atoms with Crippen molar-refractivity contribution in [2.24, 2.45) is 0 Å². The summed E-state index contributed by atoms with van der Waals surface area (Å²) in [5.41, 5.74) is 0.374. The molecular weight excluding hydrogens is 256 g/mol. The van der Waals surface area contributed by atoms with E-state index in [0.29, 0.717) is 0 Å². The highest BCUT2D eigenvalue weighted by molar-refractivity contribution is 7.86. The lowest BCUT2D eigenvalue weighted by molar-refractivity contribution is 0.452. The molecule has 2 aromatic rings. The van der Waals surface area contributed by atoms with Gasteiger partial charge in [-0.2, -0.15) is 8.42 Å². The summed E-state index contributed by atoms with van der Waals surface area (Å²) in [4.78, 5) is -0.300. The first-order chi connectivity index (χ1) is 8.39. The third-order valence-corrected chi connectivity index (χ3v) is 3.35. The van der Waals surface area contributed by atoms with E-state index >= 15 is 0 Å². The molecule has 0 aliphatic rings. The van der Waals surface area contributed by atoms with Crippen LogP contribution < -0.4 is 0 Å². The molecule has 0 heterocycles. The van der Waals surface area contributed by atoms with Crippen molar-refractivity contribution >= 4 is 10.1 Å². The molecular formula is C12H10O5S. The Kier molecular flexibility index (Phi) is 2.98. The van der Waals surface area contributed by atoms with Crippen LogP contribution in [-0.4, -0.2) is 23.2 Å². The van der Waals surface area contributed by atoms with E-state index in [1.165, 1.54) is 30.3 Å². The van der Waals surface area contributed by atoms with Crippen LogP contribution in [0.25, 0.3) is 11.1 Å². The van der Waals surface area contributed by atoms with Gasteiger partial charge in [-0.05, 0) is 18.2 Å². The monoisotopic (exact) mass is 266 g/mol. The van der Waals surface area contributed by atoms with Gasteiger partial charge in [0.05, 0.1) is 0 Å². The molecule has 0 atom stereocenters. The molecule has 18 heavy (non-hydrogen) atoms. The van der Waals surface area contributed by atoms with Gasteiger partial charge in [-0.15, -0.1) is 0 Å². The van der Waals surface area contributed by atoms with Crippen LogP contribution in [0.4, 0.5) is 0 Å². The molecule has 6 heteroatoms. The van der Waals surface area contributed by atoms with Gasteiger partial charge in [0.1, 0.15) is 16.4 Å². The number of phenolic OH excluding ortho intramolecular Hbond substituents is 2. The van der Waals surface area contributed by atoms with E-state index in [1.807, 2.05) is 0 Å². The molecule has 5 nitrogen and oxygen atoms in total. The van der Waals surface area contributed by atoms with E-state index in [2.05, 4.69) is 0 Å². The van der Waals surface area contributed by atoms with Crippen LogP contribution in [-0.2, 0) is 10.1 Å². The fraction of sp³-hybridized carbons (Fsp3) is 0. The summed E-state index contributed by atoms with van der Waals surface area (Å²) in [6.45, 7) is 0. The predicted molar refractivity (Wildman–Crippen MR) is 65.0 cm³/mol. The van der Waals surface area contributed by atoms with Crippen molar-refractivity contribution in [3.05, 3.63) is 42.5 Å². The largest absolute Gasteiger partial charge is 0.508 e. The molecule has 0 bridgehead atoms. The Bertz CT molecular complexity index is 691. The Morgan fingerprint density at radius 2 is 1.56 bits per heavy atom. The molecule has 0 saturated carbocycles. The van der Waals surface area contributed by atoms with Gasteiger partial charge >= 0.3 is 0 Å². The molecule has 0 spiro atoms. The Morgan fingerprint density at radius 3 is 2.17 bits per heavy atom. The van der Waals surface area contributed by atoms with Crippen LogP contribution in [0.5, 0.6) is 11.5 Å². The number of hydrogen-bond acceptors (Lipinski definition) is 4. The molecule has 0 fully saturated rings. The molecule has 0 amide bonds. The zero-order chi connectivity index (χ0) is 13.3. The van der Waals surface area contributed by atoms with Crippen LogP contribution in [0.1, 0.15) is 0 Å². The maximum atomic E-state index is 11.2. The lowest BCUT2D eigenvalue weighted by Gasteiger charge is -2.09. The van der Waals surface area contributed by atoms with Crippen LogP contribution in [0.15, 0.2) is 47.4 Å². The summed E-state index contributed by atoms with van der Waals surface area (Å²) < 4.78 is 31.6. The van der Waals surface area contributed by atoms with Crippen molar-refractivity contribution in [2.75, 3.05) is 0 Å². The van der Waals surface area contributed by atoms with E-state index in [9.17, 15) is 18.6 Å². The number of phenols is 2. The average molecular weight is 266 g/mol. The highest BCUT2D eigenvalue weighted by atomic mass is 32.2. The molecule has 0 aromatic heterocycles. The van der Waals surface area contributed by atoms with Crippen molar-refractivity contribution in [3.63, 3.8) is 0 Å². The zero-order valence-electron chi connectivity index (χ0n) is 9.11. The van der Waals surface area contributed by atoms with Gasteiger partial charge in [0.2, 0.25) is 0 Å². The van der Waals surface area contributed by atoms with Crippen LogP contribution >= 0.6 is 0 Å². The molecule has 0 unspecified atom stereocenters. The van der Waals surface area contributed by atoms with E-state index in [4.69, 9.17) is 4.55 Å². The number of benzene rings is 2. The van der Waals surface area contributed by atoms with Gasteiger partial charge in [0.15, 0.2) is 0 Å². The first-order valence-electron chi connectivity index (χ1n) is 4.98. The van der Waals surface area contributed by atoms with Gasteiger partial charge in [-0.3, -0.25) is 4.55 Å². The summed E-state index contributed by atoms with van der Waals surface area (Å²) in [5.74, 6) is -0.410. The quantitative estimate of drug-likeness (QED) is 0.723. The molecule has 0 radical (unpaired) electrons. The first kappa shape index (κ1) is 12.4. The van der Waals surface area contributed by atoms with Crippen molar-refractivity contribution < 1.29 is 23.2 Å². The minimum absolute atomic E-state index is 0.138. The SMILES string of the molecule is O=S(=O)(O)c1ccccc1-c1ccc(O)cc1O. The van der Waals surface area contributed by atoms with E-state index in [0.717, 1.165) is 6.07 Å². The fourth-order valence-corrected chi connectivity index (χ4v) is 2.37. The summed E-state index contributed by atoms with van der Waals surface area (Å²) >= 11 is 0. The predicted octanol–water partition coefficient (Wildman–Crippen LogP) is 2.01. The Hall–Kier alpha value is -2.05. The molecule has 2 rings (SSSR count). The van der Waals surface area contributed by atoms with Gasteiger partial charge in [0.25, 0.3) is 10.1 Å². The molecule has 2 aromatic carbocycles. The minimum Gasteiger partial charge on any atom is -0.508 e. The second-order valence-corrected chi connectivity index (χ2v) is 5.06. The van der Waals surface area contributed by atoms with Gasteiger partial charge < -0.3 is 10.2 Å². The number of rotatable bonds is 2. The van der Waals surface area contributed by atoms with Crippen molar-refractivity contribution in [3.8, 4) is 22.6 Å². The Labute approximate surface area is 104 Å². The topological polar surface area (TPSA) is 94.8 Å². The first-order valence-corrected chi connectivity index (χ1v) is 6.42. The second kappa shape index (κ2) is 4.32. The summed E-state index contributed by atoms with van der Waals surface area (Å²) in [6.07, 6.45) is 0. The summed E-state index contributed by atoms with van der Waals surface area (Å²) in [6, 6.07) is 9.51. The van der Waals surface area contributed by atoms with Gasteiger partial charge in [-0.1, -0.05) is 18.2 Å². The number of aromatic hydroxyl groups is 2. The lowest BCUT2D eigenvalue weighted by atomic mass is 10.0. The van der Waals surface area contributed by atoms with Gasteiger partial charge in [0, 0.05) is 17.2 Å². The summed E-state index contributed by atoms with van der Waals surface area (Å²) in [7, 11) is -4.38. The maximum Gasteiger partial charge on any atom is 0.295 e. The van der Waals surface area contributed by atoms with E-state index in [-0.39, 0.29) is 27.5 Å². The van der Waals surface area contributed by atoms with Gasteiger partial charge in [-0.25, -0.2) is 0 Å². The van der Waals surface area contributed by atoms with Crippen LogP contribution in [0.3, 0.4) is 0 Å². The minimum atomic E-state index is -4.38. The second-order valence-electron chi connectivity index (χ2n) is 3.67. The normalized spacial score (nSPS) is 11.4. The maximum absolute atomic E-state index is 11.2. The molecule has 0 aliphatic carbocycles. The molecule has 0 saturated heterocycles. The lowest BCUT2D eigenvalue weighted by Crippen LogP contribution is -2.00. The Balaban J connectivity index is 2.72. The van der Waals surface area contributed by atoms with Crippen LogP contribution in [0, 0.1) is 0 Å². The van der Waals surface area contributed by atoms with Crippen molar-refractivity contribution in [2.45, 2.75) is 4.90 Å². The zero-order valence-corrected chi connectivity index (χ0v) is 9.92. The van der Waals surface area contributed by atoms with E-state index < -0.39 is 10.1 Å². The average Bonchev–Trinajstić information content (AvgIpc) is 2.28.